The van der Waals surface area contributed by atoms with Crippen molar-refractivity contribution in [3.8, 4) is 0 Å². The molecule has 0 aromatic carbocycles. The normalized spacial score (nSPS) is 42.0. The first kappa shape index (κ1) is 8.52. The number of hydrogen-bond acceptors (Lipinski definition) is 2. The van der Waals surface area contributed by atoms with Gasteiger partial charge >= 0.3 is 0 Å². The molecule has 2 nitrogen and oxygen atoms in total. The summed E-state index contributed by atoms with van der Waals surface area (Å²) in [5, 5.41) is 3.60. The molecule has 3 atom stereocenters. The number of rotatable bonds is 3. The summed E-state index contributed by atoms with van der Waals surface area (Å²) in [7, 11) is 0. The third kappa shape index (κ3) is 1.80. The second-order valence-corrected chi connectivity index (χ2v) is 4.36. The van der Waals surface area contributed by atoms with E-state index in [1.807, 2.05) is 0 Å². The third-order valence-electron chi connectivity index (χ3n) is 3.28. The molecule has 0 aromatic heterocycles. The molecule has 2 rings (SSSR count). The van der Waals surface area contributed by atoms with Crippen LogP contribution in [0.3, 0.4) is 0 Å². The predicted molar refractivity (Wildman–Crippen MR) is 49.1 cm³/mol. The molecule has 12 heavy (non-hydrogen) atoms. The van der Waals surface area contributed by atoms with Crippen LogP contribution in [-0.2, 0) is 4.74 Å². The first-order valence-electron chi connectivity index (χ1n) is 5.12. The Kier molecular flexibility index (Phi) is 2.37. The van der Waals surface area contributed by atoms with Crippen molar-refractivity contribution in [1.82, 2.24) is 5.32 Å². The lowest BCUT2D eigenvalue weighted by atomic mass is 10.0. The summed E-state index contributed by atoms with van der Waals surface area (Å²) in [6.07, 6.45) is 3.32. The molecule has 1 saturated carbocycles. The zero-order chi connectivity index (χ0) is 8.55. The number of nitrogens with one attached hydrogen (secondary N) is 1. The van der Waals surface area contributed by atoms with Gasteiger partial charge in [-0.25, -0.2) is 0 Å². The van der Waals surface area contributed by atoms with E-state index in [2.05, 4.69) is 19.2 Å². The quantitative estimate of drug-likeness (QED) is 0.689. The summed E-state index contributed by atoms with van der Waals surface area (Å²) in [6, 6.07) is 0.612. The van der Waals surface area contributed by atoms with E-state index in [4.69, 9.17) is 4.74 Å². The van der Waals surface area contributed by atoms with Gasteiger partial charge < -0.3 is 10.1 Å². The Hall–Kier alpha value is -0.0800. The third-order valence-corrected chi connectivity index (χ3v) is 3.28. The summed E-state index contributed by atoms with van der Waals surface area (Å²) < 4.78 is 5.57. The van der Waals surface area contributed by atoms with Crippen LogP contribution in [0.5, 0.6) is 0 Å². The van der Waals surface area contributed by atoms with E-state index in [9.17, 15) is 0 Å². The van der Waals surface area contributed by atoms with E-state index in [0.717, 1.165) is 12.5 Å². The zero-order valence-corrected chi connectivity index (χ0v) is 8.05. The van der Waals surface area contributed by atoms with E-state index < -0.39 is 0 Å². The molecule has 1 aliphatic heterocycles. The van der Waals surface area contributed by atoms with Gasteiger partial charge in [0.25, 0.3) is 0 Å². The second-order valence-electron chi connectivity index (χ2n) is 4.36. The molecule has 70 valence electrons. The van der Waals surface area contributed by atoms with Gasteiger partial charge in [0, 0.05) is 6.04 Å². The molecule has 1 aliphatic carbocycles. The molecule has 0 amide bonds. The lowest BCUT2D eigenvalue weighted by Crippen LogP contribution is -2.36. The van der Waals surface area contributed by atoms with Crippen molar-refractivity contribution in [1.29, 1.82) is 0 Å². The molecule has 0 bridgehead atoms. The van der Waals surface area contributed by atoms with Crippen molar-refractivity contribution < 1.29 is 4.74 Å². The van der Waals surface area contributed by atoms with Crippen LogP contribution in [0, 0.1) is 11.8 Å². The van der Waals surface area contributed by atoms with Gasteiger partial charge in [0.2, 0.25) is 0 Å². The van der Waals surface area contributed by atoms with Gasteiger partial charge in [-0.05, 0) is 38.1 Å². The summed E-state index contributed by atoms with van der Waals surface area (Å²) in [4.78, 5) is 0. The number of hydrogen-bond donors (Lipinski definition) is 1. The van der Waals surface area contributed by atoms with Crippen molar-refractivity contribution in [3.05, 3.63) is 0 Å². The fraction of sp³-hybridized carbons (Fsp3) is 1.00. The van der Waals surface area contributed by atoms with Crippen LogP contribution in [0.25, 0.3) is 0 Å². The minimum Gasteiger partial charge on any atom is -0.377 e. The van der Waals surface area contributed by atoms with Crippen LogP contribution < -0.4 is 5.32 Å². The van der Waals surface area contributed by atoms with Crippen molar-refractivity contribution >= 4 is 0 Å². The van der Waals surface area contributed by atoms with Crippen molar-refractivity contribution in [2.45, 2.75) is 38.8 Å². The highest BCUT2D eigenvalue weighted by molar-refractivity contribution is 4.86. The van der Waals surface area contributed by atoms with Gasteiger partial charge in [0.15, 0.2) is 0 Å². The first-order chi connectivity index (χ1) is 5.77. The van der Waals surface area contributed by atoms with Gasteiger partial charge in [-0.1, -0.05) is 6.92 Å². The van der Waals surface area contributed by atoms with Crippen molar-refractivity contribution in [3.63, 3.8) is 0 Å². The molecule has 1 N–H and O–H groups in total. The van der Waals surface area contributed by atoms with Crippen molar-refractivity contribution in [2.75, 3.05) is 13.2 Å². The minimum absolute atomic E-state index is 0.446. The van der Waals surface area contributed by atoms with Crippen LogP contribution >= 0.6 is 0 Å². The largest absolute Gasteiger partial charge is 0.377 e. The monoisotopic (exact) mass is 169 g/mol. The van der Waals surface area contributed by atoms with E-state index in [1.54, 1.807) is 0 Å². The average Bonchev–Trinajstić information content (AvgIpc) is 2.82. The van der Waals surface area contributed by atoms with Gasteiger partial charge in [0.05, 0.1) is 12.7 Å². The van der Waals surface area contributed by atoms with Crippen LogP contribution in [-0.4, -0.2) is 25.3 Å². The topological polar surface area (TPSA) is 21.3 Å². The molecule has 0 radical (unpaired) electrons. The zero-order valence-electron chi connectivity index (χ0n) is 8.05. The highest BCUT2D eigenvalue weighted by Crippen LogP contribution is 2.28. The highest BCUT2D eigenvalue weighted by Gasteiger charge is 2.31. The Balaban J connectivity index is 1.72. The molecular weight excluding hydrogens is 150 g/mol. The summed E-state index contributed by atoms with van der Waals surface area (Å²) in [6.45, 7) is 6.58. The average molecular weight is 169 g/mol. The van der Waals surface area contributed by atoms with Crippen LogP contribution in [0.2, 0.25) is 0 Å². The SMILES string of the molecule is CC1OCC(NCC2CC2)C1C. The molecule has 0 aromatic rings. The lowest BCUT2D eigenvalue weighted by Gasteiger charge is -2.16. The molecule has 1 heterocycles. The first-order valence-corrected chi connectivity index (χ1v) is 5.12. The minimum atomic E-state index is 0.446. The highest BCUT2D eigenvalue weighted by atomic mass is 16.5. The molecule has 0 spiro atoms. The Morgan fingerprint density at radius 2 is 2.08 bits per heavy atom. The standard InChI is InChI=1S/C10H19NO/c1-7-8(2)12-6-10(7)11-5-9-3-4-9/h7-11H,3-6H2,1-2H3. The van der Waals surface area contributed by atoms with Crippen LogP contribution in [0.15, 0.2) is 0 Å². The maximum atomic E-state index is 5.57. The molecule has 2 heteroatoms. The summed E-state index contributed by atoms with van der Waals surface area (Å²) in [5.41, 5.74) is 0. The molecule has 3 unspecified atom stereocenters. The Labute approximate surface area is 74.7 Å². The molecular formula is C10H19NO. The van der Waals surface area contributed by atoms with Crippen LogP contribution in [0.4, 0.5) is 0 Å². The summed E-state index contributed by atoms with van der Waals surface area (Å²) in [5.74, 6) is 1.66. The van der Waals surface area contributed by atoms with E-state index >= 15 is 0 Å². The lowest BCUT2D eigenvalue weighted by molar-refractivity contribution is 0.108. The summed E-state index contributed by atoms with van der Waals surface area (Å²) >= 11 is 0. The predicted octanol–water partition coefficient (Wildman–Crippen LogP) is 1.41. The Bertz CT molecular complexity index is 156. The second kappa shape index (κ2) is 3.35. The fourth-order valence-electron chi connectivity index (χ4n) is 1.77. The van der Waals surface area contributed by atoms with E-state index in [1.165, 1.54) is 19.4 Å². The van der Waals surface area contributed by atoms with E-state index in [-0.39, 0.29) is 0 Å². The van der Waals surface area contributed by atoms with Crippen LogP contribution in [0.1, 0.15) is 26.7 Å². The smallest absolute Gasteiger partial charge is 0.0626 e. The maximum Gasteiger partial charge on any atom is 0.0626 e. The van der Waals surface area contributed by atoms with Gasteiger partial charge in [0.1, 0.15) is 0 Å². The Morgan fingerprint density at radius 3 is 2.58 bits per heavy atom. The van der Waals surface area contributed by atoms with Gasteiger partial charge in [-0.3, -0.25) is 0 Å². The molecule has 1 saturated heterocycles. The van der Waals surface area contributed by atoms with E-state index in [0.29, 0.717) is 18.1 Å². The maximum absolute atomic E-state index is 5.57. The van der Waals surface area contributed by atoms with Crippen molar-refractivity contribution in [2.24, 2.45) is 11.8 Å². The fourth-order valence-corrected chi connectivity index (χ4v) is 1.77. The molecule has 2 fully saturated rings. The molecule has 2 aliphatic rings. The Morgan fingerprint density at radius 1 is 1.33 bits per heavy atom. The van der Waals surface area contributed by atoms with Gasteiger partial charge in [-0.2, -0.15) is 0 Å². The van der Waals surface area contributed by atoms with Gasteiger partial charge in [-0.15, -0.1) is 0 Å². The number of ether oxygens (including phenoxy) is 1.